The van der Waals surface area contributed by atoms with Gasteiger partial charge in [-0.1, -0.05) is 194 Å². The van der Waals surface area contributed by atoms with Crippen LogP contribution >= 0.6 is 11.8 Å². The molecule has 9 aromatic rings. The van der Waals surface area contributed by atoms with Crippen molar-refractivity contribution >= 4 is 34.7 Å². The first-order chi connectivity index (χ1) is 29.1. The van der Waals surface area contributed by atoms with E-state index in [1.54, 1.807) is 0 Å². The molecule has 0 N–H and O–H groups in total. The molecule has 0 saturated heterocycles. The summed E-state index contributed by atoms with van der Waals surface area (Å²) in [7, 11) is 0. The minimum Gasteiger partial charge on any atom is -0.208 e. The van der Waals surface area contributed by atoms with Crippen LogP contribution in [0.5, 0.6) is 0 Å². The second kappa shape index (κ2) is 14.1. The molecule has 2 aliphatic rings. The zero-order chi connectivity index (χ0) is 39.5. The van der Waals surface area contributed by atoms with Crippen molar-refractivity contribution in [2.75, 3.05) is 0 Å². The molecule has 0 bridgehead atoms. The summed E-state index contributed by atoms with van der Waals surface area (Å²) in [6.07, 6.45) is 6.08. The SMILES string of the molecule is C=Cc1cc(-c2ccc(-c3nc(-c4ccccc4)nc(-c4cccc5c4Sc4cc6ccccc6cc4C54c5ccccc5-c5ccccc54)n3)cc2)ccc1/C=C\C. The maximum absolute atomic E-state index is 5.32. The lowest BCUT2D eigenvalue weighted by Gasteiger charge is -2.40. The van der Waals surface area contributed by atoms with Gasteiger partial charge < -0.3 is 0 Å². The fourth-order valence-electron chi connectivity index (χ4n) is 9.20. The topological polar surface area (TPSA) is 38.7 Å². The van der Waals surface area contributed by atoms with Gasteiger partial charge in [0.1, 0.15) is 0 Å². The first-order valence-corrected chi connectivity index (χ1v) is 20.8. The van der Waals surface area contributed by atoms with Crippen LogP contribution in [0.1, 0.15) is 40.3 Å². The molecule has 59 heavy (non-hydrogen) atoms. The van der Waals surface area contributed by atoms with E-state index in [0.29, 0.717) is 17.5 Å². The third-order valence-electron chi connectivity index (χ3n) is 11.9. The van der Waals surface area contributed by atoms with E-state index in [0.717, 1.165) is 43.8 Å². The first kappa shape index (κ1) is 35.1. The summed E-state index contributed by atoms with van der Waals surface area (Å²) in [4.78, 5) is 18.1. The summed E-state index contributed by atoms with van der Waals surface area (Å²) < 4.78 is 0. The van der Waals surface area contributed by atoms with Crippen molar-refractivity contribution in [3.05, 3.63) is 222 Å². The predicted molar refractivity (Wildman–Crippen MR) is 245 cm³/mol. The van der Waals surface area contributed by atoms with Crippen LogP contribution in [0.15, 0.2) is 198 Å². The van der Waals surface area contributed by atoms with Crippen molar-refractivity contribution in [3.8, 4) is 56.4 Å². The Labute approximate surface area is 348 Å². The van der Waals surface area contributed by atoms with Crippen LogP contribution < -0.4 is 0 Å². The number of fused-ring (bicyclic) bond motifs is 10. The van der Waals surface area contributed by atoms with Crippen LogP contribution in [0.4, 0.5) is 0 Å². The van der Waals surface area contributed by atoms with Gasteiger partial charge >= 0.3 is 0 Å². The molecule has 1 spiro atoms. The maximum atomic E-state index is 5.32. The highest BCUT2D eigenvalue weighted by Gasteiger charge is 2.50. The van der Waals surface area contributed by atoms with Gasteiger partial charge in [-0.25, -0.2) is 15.0 Å². The molecule has 278 valence electrons. The molecule has 4 heteroatoms. The van der Waals surface area contributed by atoms with Gasteiger partial charge in [0, 0.05) is 26.5 Å². The van der Waals surface area contributed by atoms with Crippen molar-refractivity contribution in [1.29, 1.82) is 0 Å². The second-order valence-electron chi connectivity index (χ2n) is 15.1. The molecule has 8 aromatic carbocycles. The van der Waals surface area contributed by atoms with Gasteiger partial charge in [-0.15, -0.1) is 0 Å². The van der Waals surface area contributed by atoms with Crippen molar-refractivity contribution in [2.24, 2.45) is 0 Å². The Kier molecular flexibility index (Phi) is 8.35. The molecule has 0 atom stereocenters. The van der Waals surface area contributed by atoms with E-state index in [9.17, 15) is 0 Å². The summed E-state index contributed by atoms with van der Waals surface area (Å²) in [6.45, 7) is 6.09. The average molecular weight is 772 g/mol. The van der Waals surface area contributed by atoms with E-state index < -0.39 is 5.41 Å². The third-order valence-corrected chi connectivity index (χ3v) is 13.1. The van der Waals surface area contributed by atoms with Gasteiger partial charge in [0.05, 0.1) is 5.41 Å². The minimum atomic E-state index is -0.534. The lowest BCUT2D eigenvalue weighted by Crippen LogP contribution is -2.32. The standard InChI is InChI=1S/C55H37N3S/c1-3-15-36-28-31-42(32-35(36)4-2)37-26-29-39(30-27-37)53-56-52(38-16-6-5-7-17-38)57-54(58-53)45-22-14-25-48-51(45)59-50-34-41-19-9-8-18-40(41)33-49(50)55(48)46-23-12-10-20-43(46)44-21-11-13-24-47(44)55/h3-34H,2H2,1H3/b15-3-. The molecule has 11 rings (SSSR count). The van der Waals surface area contributed by atoms with Crippen LogP contribution in [0, 0.1) is 0 Å². The Morgan fingerprint density at radius 2 is 1.02 bits per heavy atom. The molecule has 0 unspecified atom stereocenters. The highest BCUT2D eigenvalue weighted by Crippen LogP contribution is 2.63. The fraction of sp³-hybridized carbons (Fsp3) is 0.0364. The largest absolute Gasteiger partial charge is 0.208 e. The quantitative estimate of drug-likeness (QED) is 0.169. The Morgan fingerprint density at radius 1 is 0.458 bits per heavy atom. The number of allylic oxidation sites excluding steroid dienone is 1. The van der Waals surface area contributed by atoms with Crippen LogP contribution in [0.2, 0.25) is 0 Å². The third kappa shape index (κ3) is 5.55. The highest BCUT2D eigenvalue weighted by atomic mass is 32.2. The Balaban J connectivity index is 1.12. The number of nitrogens with zero attached hydrogens (tertiary/aromatic N) is 3. The van der Waals surface area contributed by atoms with Crippen LogP contribution in [-0.4, -0.2) is 15.0 Å². The van der Waals surface area contributed by atoms with Gasteiger partial charge in [-0.2, -0.15) is 0 Å². The maximum Gasteiger partial charge on any atom is 0.165 e. The number of aromatic nitrogens is 3. The van der Waals surface area contributed by atoms with Crippen LogP contribution in [0.25, 0.3) is 79.3 Å². The Hall–Kier alpha value is -7.14. The van der Waals surface area contributed by atoms with Crippen molar-refractivity contribution < 1.29 is 0 Å². The second-order valence-corrected chi connectivity index (χ2v) is 16.2. The monoisotopic (exact) mass is 771 g/mol. The van der Waals surface area contributed by atoms with Gasteiger partial charge in [-0.3, -0.25) is 0 Å². The van der Waals surface area contributed by atoms with Crippen molar-refractivity contribution in [3.63, 3.8) is 0 Å². The molecule has 0 saturated carbocycles. The lowest BCUT2D eigenvalue weighted by molar-refractivity contribution is 0.724. The van der Waals surface area contributed by atoms with E-state index in [1.165, 1.54) is 49.0 Å². The van der Waals surface area contributed by atoms with Gasteiger partial charge in [0.15, 0.2) is 17.5 Å². The normalized spacial score (nSPS) is 13.2. The number of hydrogen-bond acceptors (Lipinski definition) is 4. The molecule has 0 amide bonds. The number of benzene rings is 8. The van der Waals surface area contributed by atoms with Crippen molar-refractivity contribution in [1.82, 2.24) is 15.0 Å². The predicted octanol–water partition coefficient (Wildman–Crippen LogP) is 14.2. The molecule has 3 nitrogen and oxygen atoms in total. The molecule has 0 fully saturated rings. The summed E-state index contributed by atoms with van der Waals surface area (Å²) in [5.74, 6) is 1.92. The summed E-state index contributed by atoms with van der Waals surface area (Å²) in [5.41, 5.74) is 14.5. The summed E-state index contributed by atoms with van der Waals surface area (Å²) in [6, 6.07) is 63.4. The molecule has 1 aromatic heterocycles. The Bertz CT molecular complexity index is 3120. The van der Waals surface area contributed by atoms with Crippen LogP contribution in [0.3, 0.4) is 0 Å². The first-order valence-electron chi connectivity index (χ1n) is 20.0. The van der Waals surface area contributed by atoms with E-state index in [4.69, 9.17) is 15.0 Å². The van der Waals surface area contributed by atoms with E-state index in [2.05, 4.69) is 176 Å². The molecule has 0 radical (unpaired) electrons. The Morgan fingerprint density at radius 3 is 1.71 bits per heavy atom. The molecular weight excluding hydrogens is 735 g/mol. The average Bonchev–Trinajstić information content (AvgIpc) is 3.59. The molecule has 1 aliphatic carbocycles. The number of hydrogen-bond donors (Lipinski definition) is 0. The van der Waals surface area contributed by atoms with Gasteiger partial charge in [0.25, 0.3) is 0 Å². The lowest BCUT2D eigenvalue weighted by atomic mass is 9.66. The molecule has 2 heterocycles. The fourth-order valence-corrected chi connectivity index (χ4v) is 10.5. The van der Waals surface area contributed by atoms with E-state index in [-0.39, 0.29) is 0 Å². The van der Waals surface area contributed by atoms with Crippen LogP contribution in [-0.2, 0) is 5.41 Å². The zero-order valence-electron chi connectivity index (χ0n) is 32.4. The van der Waals surface area contributed by atoms with Gasteiger partial charge in [0.2, 0.25) is 0 Å². The molecule has 1 aliphatic heterocycles. The molecular formula is C55H37N3S. The summed E-state index contributed by atoms with van der Waals surface area (Å²) >= 11 is 1.83. The summed E-state index contributed by atoms with van der Waals surface area (Å²) in [5, 5.41) is 2.46. The number of rotatable bonds is 6. The zero-order valence-corrected chi connectivity index (χ0v) is 33.2. The minimum absolute atomic E-state index is 0.534. The van der Waals surface area contributed by atoms with Gasteiger partial charge in [-0.05, 0) is 91.5 Å². The smallest absolute Gasteiger partial charge is 0.165 e. The van der Waals surface area contributed by atoms with E-state index >= 15 is 0 Å². The highest BCUT2D eigenvalue weighted by molar-refractivity contribution is 7.99. The van der Waals surface area contributed by atoms with Crippen molar-refractivity contribution in [2.45, 2.75) is 22.1 Å². The van der Waals surface area contributed by atoms with E-state index in [1.807, 2.05) is 43.0 Å².